The van der Waals surface area contributed by atoms with E-state index < -0.39 is 12.1 Å². The Morgan fingerprint density at radius 2 is 1.69 bits per heavy atom. The zero-order chi connectivity index (χ0) is 23.1. The third-order valence-electron chi connectivity index (χ3n) is 5.00. The van der Waals surface area contributed by atoms with Crippen LogP contribution >= 0.6 is 11.6 Å². The van der Waals surface area contributed by atoms with Crippen molar-refractivity contribution in [2.24, 2.45) is 0 Å². The van der Waals surface area contributed by atoms with Crippen molar-refractivity contribution in [2.45, 2.75) is 18.9 Å². The van der Waals surface area contributed by atoms with Crippen molar-refractivity contribution in [1.29, 1.82) is 0 Å². The van der Waals surface area contributed by atoms with Gasteiger partial charge in [0.2, 0.25) is 6.10 Å². The minimum absolute atomic E-state index is 0.0163. The lowest BCUT2D eigenvalue weighted by Gasteiger charge is -2.17. The highest BCUT2D eigenvalue weighted by atomic mass is 35.5. The number of rotatable bonds is 9. The largest absolute Gasteiger partial charge is 0.496 e. The summed E-state index contributed by atoms with van der Waals surface area (Å²) in [6.45, 7) is 2.38. The molecule has 0 aliphatic heterocycles. The van der Waals surface area contributed by atoms with E-state index in [1.165, 1.54) is 7.11 Å². The molecule has 0 spiro atoms. The highest BCUT2D eigenvalue weighted by Gasteiger charge is 2.22. The Kier molecular flexibility index (Phi) is 7.73. The summed E-state index contributed by atoms with van der Waals surface area (Å²) in [5.74, 6) is -0.420. The second-order valence-electron chi connectivity index (χ2n) is 7.27. The van der Waals surface area contributed by atoms with E-state index in [0.717, 1.165) is 5.56 Å². The molecule has 0 saturated carbocycles. The fourth-order valence-corrected chi connectivity index (χ4v) is 3.39. The Labute approximate surface area is 191 Å². The van der Waals surface area contributed by atoms with Gasteiger partial charge in [-0.2, -0.15) is 0 Å². The zero-order valence-corrected chi connectivity index (χ0v) is 18.5. The summed E-state index contributed by atoms with van der Waals surface area (Å²) in [7, 11) is 1.50. The molecular formula is C25H24ClNO5. The van der Waals surface area contributed by atoms with Gasteiger partial charge in [0, 0.05) is 17.1 Å². The average molecular weight is 454 g/mol. The number of carbonyl (C=O) groups excluding carboxylic acids is 1. The quantitative estimate of drug-likeness (QED) is 0.471. The maximum Gasteiger partial charge on any atom is 0.349 e. The molecule has 3 rings (SSSR count). The summed E-state index contributed by atoms with van der Waals surface area (Å²) in [4.78, 5) is 24.2. The van der Waals surface area contributed by atoms with E-state index in [1.54, 1.807) is 54.6 Å². The molecule has 3 aromatic carbocycles. The third-order valence-corrected chi connectivity index (χ3v) is 5.24. The second-order valence-corrected chi connectivity index (χ2v) is 7.71. The highest BCUT2D eigenvalue weighted by Crippen LogP contribution is 2.26. The topological polar surface area (TPSA) is 84.9 Å². The number of carboxylic acid groups (broad SMARTS) is 1. The Bertz CT molecular complexity index is 1070. The molecule has 0 bridgehead atoms. The molecule has 0 saturated heterocycles. The van der Waals surface area contributed by atoms with Crippen LogP contribution in [0, 0.1) is 0 Å². The molecular weight excluding hydrogens is 430 g/mol. The van der Waals surface area contributed by atoms with Crippen molar-refractivity contribution < 1.29 is 24.2 Å². The summed E-state index contributed by atoms with van der Waals surface area (Å²) < 4.78 is 10.9. The number of nitrogens with one attached hydrogen (secondary N) is 1. The first kappa shape index (κ1) is 23.2. The zero-order valence-electron chi connectivity index (χ0n) is 17.7. The number of methoxy groups -OCH3 is 1. The van der Waals surface area contributed by atoms with Crippen molar-refractivity contribution in [3.05, 3.63) is 94.5 Å². The van der Waals surface area contributed by atoms with Gasteiger partial charge in [0.05, 0.1) is 12.7 Å². The molecule has 166 valence electrons. The Balaban J connectivity index is 1.62. The number of halogens is 1. The van der Waals surface area contributed by atoms with E-state index in [4.69, 9.17) is 21.1 Å². The molecule has 2 N–H and O–H groups in total. The number of benzene rings is 3. The van der Waals surface area contributed by atoms with Crippen molar-refractivity contribution >= 4 is 23.5 Å². The first-order chi connectivity index (χ1) is 15.4. The smallest absolute Gasteiger partial charge is 0.349 e. The molecule has 3 aromatic rings. The minimum Gasteiger partial charge on any atom is -0.496 e. The van der Waals surface area contributed by atoms with Crippen LogP contribution < -0.4 is 14.8 Å². The maximum absolute atomic E-state index is 12.6. The van der Waals surface area contributed by atoms with Crippen LogP contribution in [0.3, 0.4) is 0 Å². The summed E-state index contributed by atoms with van der Waals surface area (Å²) in [5, 5.41) is 12.9. The molecule has 0 aromatic heterocycles. The number of amides is 1. The van der Waals surface area contributed by atoms with Crippen LogP contribution in [0.4, 0.5) is 0 Å². The van der Waals surface area contributed by atoms with Gasteiger partial charge in [-0.3, -0.25) is 4.79 Å². The minimum atomic E-state index is -1.09. The normalized spacial score (nSPS) is 12.5. The molecule has 0 aliphatic carbocycles. The lowest BCUT2D eigenvalue weighted by Crippen LogP contribution is -2.27. The van der Waals surface area contributed by atoms with Gasteiger partial charge in [0.25, 0.3) is 5.91 Å². The van der Waals surface area contributed by atoms with Crippen molar-refractivity contribution in [3.8, 4) is 11.5 Å². The van der Waals surface area contributed by atoms with E-state index >= 15 is 0 Å². The SMILES string of the molecule is COc1ccc(Cl)cc1C(=O)NCC(C)c1ccc(OC(C(=O)O)c2ccccc2)cc1. The lowest BCUT2D eigenvalue weighted by molar-refractivity contribution is -0.145. The van der Waals surface area contributed by atoms with Gasteiger partial charge in [0.1, 0.15) is 11.5 Å². The first-order valence-corrected chi connectivity index (χ1v) is 10.4. The van der Waals surface area contributed by atoms with E-state index in [-0.39, 0.29) is 11.8 Å². The Morgan fingerprint density at radius 1 is 1.00 bits per heavy atom. The van der Waals surface area contributed by atoms with Gasteiger partial charge in [0.15, 0.2) is 0 Å². The fraction of sp³-hybridized carbons (Fsp3) is 0.200. The lowest BCUT2D eigenvalue weighted by atomic mass is 10.0. The predicted molar refractivity (Wildman–Crippen MR) is 123 cm³/mol. The van der Waals surface area contributed by atoms with Gasteiger partial charge in [-0.15, -0.1) is 0 Å². The van der Waals surface area contributed by atoms with Gasteiger partial charge in [-0.05, 0) is 41.8 Å². The molecule has 0 heterocycles. The summed E-state index contributed by atoms with van der Waals surface area (Å²) in [6.07, 6.45) is -1.09. The van der Waals surface area contributed by atoms with Crippen LogP contribution in [0.2, 0.25) is 5.02 Å². The van der Waals surface area contributed by atoms with E-state index in [1.807, 2.05) is 25.1 Å². The Morgan fingerprint density at radius 3 is 2.31 bits per heavy atom. The number of ether oxygens (including phenoxy) is 2. The highest BCUT2D eigenvalue weighted by molar-refractivity contribution is 6.31. The van der Waals surface area contributed by atoms with Crippen molar-refractivity contribution in [3.63, 3.8) is 0 Å². The van der Waals surface area contributed by atoms with Gasteiger partial charge in [-0.25, -0.2) is 4.79 Å². The average Bonchev–Trinajstić information content (AvgIpc) is 2.81. The fourth-order valence-electron chi connectivity index (χ4n) is 3.22. The molecule has 2 unspecified atom stereocenters. The molecule has 1 amide bonds. The van der Waals surface area contributed by atoms with E-state index in [2.05, 4.69) is 5.32 Å². The monoisotopic (exact) mass is 453 g/mol. The van der Waals surface area contributed by atoms with Gasteiger partial charge >= 0.3 is 5.97 Å². The second kappa shape index (κ2) is 10.7. The molecule has 0 fully saturated rings. The number of aliphatic carboxylic acids is 1. The maximum atomic E-state index is 12.6. The van der Waals surface area contributed by atoms with Gasteiger partial charge in [-0.1, -0.05) is 61.0 Å². The van der Waals surface area contributed by atoms with Crippen molar-refractivity contribution in [1.82, 2.24) is 5.32 Å². The third kappa shape index (κ3) is 5.80. The van der Waals surface area contributed by atoms with Gasteiger partial charge < -0.3 is 19.9 Å². The van der Waals surface area contributed by atoms with E-state index in [9.17, 15) is 14.7 Å². The van der Waals surface area contributed by atoms with Crippen LogP contribution in [-0.2, 0) is 4.79 Å². The van der Waals surface area contributed by atoms with Crippen LogP contribution in [0.15, 0.2) is 72.8 Å². The summed E-state index contributed by atoms with van der Waals surface area (Å²) in [6, 6.07) is 20.8. The molecule has 7 heteroatoms. The number of hydrogen-bond donors (Lipinski definition) is 2. The molecule has 6 nitrogen and oxygen atoms in total. The number of hydrogen-bond acceptors (Lipinski definition) is 4. The standard InChI is InChI=1S/C25H24ClNO5/c1-16(15-27-24(28)21-14-19(26)10-13-22(21)31-2)17-8-11-20(12-9-17)32-23(25(29)30)18-6-4-3-5-7-18/h3-14,16,23H,15H2,1-2H3,(H,27,28)(H,29,30). The Hall–Kier alpha value is -3.51. The first-order valence-electron chi connectivity index (χ1n) is 10.0. The van der Waals surface area contributed by atoms with Crippen LogP contribution in [0.5, 0.6) is 11.5 Å². The number of carbonyl (C=O) groups is 2. The molecule has 32 heavy (non-hydrogen) atoms. The summed E-state index contributed by atoms with van der Waals surface area (Å²) in [5.41, 5.74) is 1.91. The molecule has 0 aliphatic rings. The van der Waals surface area contributed by atoms with Crippen LogP contribution in [-0.4, -0.2) is 30.6 Å². The summed E-state index contributed by atoms with van der Waals surface area (Å²) >= 11 is 6.00. The van der Waals surface area contributed by atoms with Crippen LogP contribution in [0.1, 0.15) is 40.4 Å². The predicted octanol–water partition coefficient (Wildman–Crippen LogP) is 5.09. The van der Waals surface area contributed by atoms with E-state index in [0.29, 0.717) is 34.2 Å². The number of carboxylic acids is 1. The molecule has 2 atom stereocenters. The molecule has 0 radical (unpaired) electrons. The van der Waals surface area contributed by atoms with Crippen LogP contribution in [0.25, 0.3) is 0 Å². The van der Waals surface area contributed by atoms with Crippen molar-refractivity contribution in [2.75, 3.05) is 13.7 Å².